The van der Waals surface area contributed by atoms with Crippen LogP contribution in [0.5, 0.6) is 5.75 Å². The van der Waals surface area contributed by atoms with E-state index in [0.717, 1.165) is 42.7 Å². The second-order valence-corrected chi connectivity index (χ2v) is 8.03. The maximum absolute atomic E-state index is 12.5. The number of rotatable bonds is 7. The van der Waals surface area contributed by atoms with Gasteiger partial charge in [-0.15, -0.1) is 0 Å². The maximum Gasteiger partial charge on any atom is 0.273 e. The molecule has 0 saturated carbocycles. The molecule has 2 aromatic rings. The molecule has 1 aromatic carbocycles. The number of benzene rings is 1. The Kier molecular flexibility index (Phi) is 6.90. The molecule has 146 valence electrons. The molecule has 2 heterocycles. The van der Waals surface area contributed by atoms with Gasteiger partial charge in [0.2, 0.25) is 0 Å². The molecule has 7 heteroatoms. The van der Waals surface area contributed by atoms with Crippen LogP contribution in [0, 0.1) is 0 Å². The predicted octanol–water partition coefficient (Wildman–Crippen LogP) is 3.83. The predicted molar refractivity (Wildman–Crippen MR) is 107 cm³/mol. The number of nitrogens with zero attached hydrogens (tertiary/aromatic N) is 2. The smallest absolute Gasteiger partial charge is 0.273 e. The summed E-state index contributed by atoms with van der Waals surface area (Å²) in [5, 5.41) is 3.10. The van der Waals surface area contributed by atoms with Crippen LogP contribution < -0.4 is 10.1 Å². The molecule has 1 fully saturated rings. The van der Waals surface area contributed by atoms with Crippen molar-refractivity contribution >= 4 is 21.8 Å². The normalized spacial score (nSPS) is 15.9. The average molecular weight is 436 g/mol. The SMILES string of the molecule is CC(C)c1ocnc1C(=O)NC1CCN(CCOc2ccc(Br)cc2)CC1. The molecule has 1 saturated heterocycles. The monoisotopic (exact) mass is 435 g/mol. The summed E-state index contributed by atoms with van der Waals surface area (Å²) in [6, 6.07) is 8.05. The summed E-state index contributed by atoms with van der Waals surface area (Å²) in [6.07, 6.45) is 3.20. The summed E-state index contributed by atoms with van der Waals surface area (Å²) in [5.41, 5.74) is 0.412. The van der Waals surface area contributed by atoms with Crippen LogP contribution in [0.3, 0.4) is 0 Å². The van der Waals surface area contributed by atoms with Crippen molar-refractivity contribution in [3.05, 3.63) is 46.6 Å². The van der Waals surface area contributed by atoms with E-state index < -0.39 is 0 Å². The molecule has 0 aliphatic carbocycles. The molecule has 6 nitrogen and oxygen atoms in total. The van der Waals surface area contributed by atoms with Crippen molar-refractivity contribution in [2.24, 2.45) is 0 Å². The fraction of sp³-hybridized carbons (Fsp3) is 0.500. The number of nitrogens with one attached hydrogen (secondary N) is 1. The van der Waals surface area contributed by atoms with Gasteiger partial charge in [-0.1, -0.05) is 29.8 Å². The Morgan fingerprint density at radius 1 is 1.33 bits per heavy atom. The first-order chi connectivity index (χ1) is 13.0. The number of carbonyl (C=O) groups excluding carboxylic acids is 1. The van der Waals surface area contributed by atoms with E-state index in [1.165, 1.54) is 6.39 Å². The third-order valence-corrected chi connectivity index (χ3v) is 5.28. The minimum atomic E-state index is -0.135. The molecule has 1 aliphatic rings. The highest BCUT2D eigenvalue weighted by molar-refractivity contribution is 9.10. The van der Waals surface area contributed by atoms with Crippen LogP contribution in [0.15, 0.2) is 39.5 Å². The first-order valence-electron chi connectivity index (χ1n) is 9.38. The van der Waals surface area contributed by atoms with Crippen molar-refractivity contribution in [1.29, 1.82) is 0 Å². The van der Waals surface area contributed by atoms with Crippen molar-refractivity contribution in [2.75, 3.05) is 26.2 Å². The Hall–Kier alpha value is -1.86. The Morgan fingerprint density at radius 2 is 2.04 bits per heavy atom. The fourth-order valence-electron chi connectivity index (χ4n) is 3.21. The van der Waals surface area contributed by atoms with E-state index in [-0.39, 0.29) is 17.9 Å². The van der Waals surface area contributed by atoms with Gasteiger partial charge in [-0.25, -0.2) is 4.98 Å². The lowest BCUT2D eigenvalue weighted by Crippen LogP contribution is -2.45. The second-order valence-electron chi connectivity index (χ2n) is 7.11. The molecule has 1 amide bonds. The largest absolute Gasteiger partial charge is 0.492 e. The molecule has 0 unspecified atom stereocenters. The van der Waals surface area contributed by atoms with Crippen LogP contribution in [0.1, 0.15) is 48.9 Å². The summed E-state index contributed by atoms with van der Waals surface area (Å²) in [6.45, 7) is 7.43. The zero-order valence-electron chi connectivity index (χ0n) is 15.8. The standard InChI is InChI=1S/C20H26BrN3O3/c1-14(2)19-18(22-13-27-19)20(25)23-16-7-9-24(10-8-16)11-12-26-17-5-3-15(21)4-6-17/h3-6,13-14,16H,7-12H2,1-2H3,(H,23,25). The topological polar surface area (TPSA) is 67.6 Å². The third-order valence-electron chi connectivity index (χ3n) is 4.75. The number of amides is 1. The molecule has 1 aromatic heterocycles. The van der Waals surface area contributed by atoms with Crippen LogP contribution in [-0.4, -0.2) is 48.1 Å². The maximum atomic E-state index is 12.5. The number of piperidine rings is 1. The van der Waals surface area contributed by atoms with Gasteiger partial charge in [0, 0.05) is 36.1 Å². The van der Waals surface area contributed by atoms with Gasteiger partial charge in [-0.2, -0.15) is 0 Å². The first-order valence-corrected chi connectivity index (χ1v) is 10.2. The molecule has 0 spiro atoms. The van der Waals surface area contributed by atoms with Crippen molar-refractivity contribution in [2.45, 2.75) is 38.6 Å². The Bertz CT molecular complexity index is 737. The zero-order chi connectivity index (χ0) is 19.2. The average Bonchev–Trinajstić information content (AvgIpc) is 3.15. The number of ether oxygens (including phenoxy) is 1. The highest BCUT2D eigenvalue weighted by Gasteiger charge is 2.24. The van der Waals surface area contributed by atoms with Gasteiger partial charge in [-0.3, -0.25) is 9.69 Å². The number of hydrogen-bond donors (Lipinski definition) is 1. The van der Waals surface area contributed by atoms with Crippen molar-refractivity contribution < 1.29 is 13.9 Å². The van der Waals surface area contributed by atoms with Gasteiger partial charge in [0.1, 0.15) is 18.1 Å². The number of oxazole rings is 1. The summed E-state index contributed by atoms with van der Waals surface area (Å²) < 4.78 is 12.2. The molecule has 27 heavy (non-hydrogen) atoms. The van der Waals surface area contributed by atoms with Gasteiger partial charge in [0.25, 0.3) is 5.91 Å². The van der Waals surface area contributed by atoms with Crippen LogP contribution in [0.4, 0.5) is 0 Å². The van der Waals surface area contributed by atoms with E-state index in [9.17, 15) is 4.79 Å². The third kappa shape index (κ3) is 5.56. The molecule has 3 rings (SSSR count). The molecule has 1 aliphatic heterocycles. The zero-order valence-corrected chi connectivity index (χ0v) is 17.4. The Balaban J connectivity index is 1.39. The number of likely N-dealkylation sites (tertiary alicyclic amines) is 1. The number of halogens is 1. The van der Waals surface area contributed by atoms with E-state index in [2.05, 4.69) is 31.1 Å². The van der Waals surface area contributed by atoms with E-state index >= 15 is 0 Å². The van der Waals surface area contributed by atoms with Gasteiger partial charge in [0.15, 0.2) is 12.1 Å². The van der Waals surface area contributed by atoms with E-state index in [4.69, 9.17) is 9.15 Å². The van der Waals surface area contributed by atoms with E-state index in [0.29, 0.717) is 18.1 Å². The molecular formula is C20H26BrN3O3. The molecular weight excluding hydrogens is 410 g/mol. The number of aromatic nitrogens is 1. The Labute approximate surface area is 168 Å². The van der Waals surface area contributed by atoms with Crippen molar-refractivity contribution in [3.63, 3.8) is 0 Å². The first kappa shape index (κ1) is 19.9. The Morgan fingerprint density at radius 3 is 2.70 bits per heavy atom. The van der Waals surface area contributed by atoms with Gasteiger partial charge < -0.3 is 14.5 Å². The van der Waals surface area contributed by atoms with Gasteiger partial charge >= 0.3 is 0 Å². The minimum absolute atomic E-state index is 0.135. The number of carbonyl (C=O) groups is 1. The van der Waals surface area contributed by atoms with Crippen LogP contribution in [-0.2, 0) is 0 Å². The summed E-state index contributed by atoms with van der Waals surface area (Å²) in [4.78, 5) is 18.9. The molecule has 1 N–H and O–H groups in total. The summed E-state index contributed by atoms with van der Waals surface area (Å²) in [5.74, 6) is 1.54. The second kappa shape index (κ2) is 9.37. The lowest BCUT2D eigenvalue weighted by Gasteiger charge is -2.32. The summed E-state index contributed by atoms with van der Waals surface area (Å²) >= 11 is 3.42. The lowest BCUT2D eigenvalue weighted by molar-refractivity contribution is 0.0898. The highest BCUT2D eigenvalue weighted by atomic mass is 79.9. The lowest BCUT2D eigenvalue weighted by atomic mass is 10.0. The van der Waals surface area contributed by atoms with E-state index in [1.54, 1.807) is 0 Å². The van der Waals surface area contributed by atoms with Gasteiger partial charge in [0.05, 0.1) is 0 Å². The van der Waals surface area contributed by atoms with Crippen molar-refractivity contribution in [1.82, 2.24) is 15.2 Å². The van der Waals surface area contributed by atoms with Crippen LogP contribution in [0.2, 0.25) is 0 Å². The van der Waals surface area contributed by atoms with Crippen molar-refractivity contribution in [3.8, 4) is 5.75 Å². The molecule has 0 atom stereocenters. The van der Waals surface area contributed by atoms with E-state index in [1.807, 2.05) is 38.1 Å². The van der Waals surface area contributed by atoms with Crippen LogP contribution in [0.25, 0.3) is 0 Å². The molecule has 0 bridgehead atoms. The number of hydrogen-bond acceptors (Lipinski definition) is 5. The fourth-order valence-corrected chi connectivity index (χ4v) is 3.48. The quantitative estimate of drug-likeness (QED) is 0.715. The van der Waals surface area contributed by atoms with Crippen LogP contribution >= 0.6 is 15.9 Å². The minimum Gasteiger partial charge on any atom is -0.492 e. The summed E-state index contributed by atoms with van der Waals surface area (Å²) in [7, 11) is 0. The van der Waals surface area contributed by atoms with Gasteiger partial charge in [-0.05, 0) is 37.1 Å². The highest BCUT2D eigenvalue weighted by Crippen LogP contribution is 2.19. The molecule has 0 radical (unpaired) electrons.